The van der Waals surface area contributed by atoms with E-state index in [1.54, 1.807) is 36.4 Å². The lowest BCUT2D eigenvalue weighted by molar-refractivity contribution is 0.102. The van der Waals surface area contributed by atoms with Gasteiger partial charge in [-0.2, -0.15) is 9.78 Å². The summed E-state index contributed by atoms with van der Waals surface area (Å²) < 4.78 is 1.41. The second-order valence-corrected chi connectivity index (χ2v) is 9.27. The third kappa shape index (κ3) is 5.11. The molecule has 1 aromatic heterocycles. The first-order chi connectivity index (χ1) is 17.5. The highest BCUT2D eigenvalue weighted by atomic mass is 35.5. The molecule has 36 heavy (non-hydrogen) atoms. The summed E-state index contributed by atoms with van der Waals surface area (Å²) in [6.45, 7) is 0.395. The highest BCUT2D eigenvalue weighted by Gasteiger charge is 2.27. The molecule has 3 N–H and O–H groups in total. The highest BCUT2D eigenvalue weighted by Crippen LogP contribution is 2.39. The molecule has 0 unspecified atom stereocenters. The number of hydrogen-bond acceptors (Lipinski definition) is 4. The molecule has 0 bridgehead atoms. The molecule has 3 aromatic carbocycles. The number of carbonyl (C=O) groups excluding carboxylic acids is 2. The summed E-state index contributed by atoms with van der Waals surface area (Å²) >= 11 is 5.89. The van der Waals surface area contributed by atoms with Crippen LogP contribution < -0.4 is 10.6 Å². The molecule has 8 heteroatoms. The molecule has 0 saturated heterocycles. The van der Waals surface area contributed by atoms with Gasteiger partial charge in [0.05, 0.1) is 11.4 Å². The van der Waals surface area contributed by atoms with E-state index in [1.807, 2.05) is 36.4 Å². The van der Waals surface area contributed by atoms with Crippen LogP contribution in [0.15, 0.2) is 78.9 Å². The molecule has 1 aliphatic carbocycles. The lowest BCUT2D eigenvalue weighted by atomic mass is 9.82. The Hall–Kier alpha value is -4.10. The van der Waals surface area contributed by atoms with Gasteiger partial charge in [0.1, 0.15) is 5.75 Å². The normalized spacial score (nSPS) is 13.1. The predicted octanol–water partition coefficient (Wildman–Crippen LogP) is 6.19. The number of phenolic OH excluding ortho intramolecular Hbond substituents is 1. The summed E-state index contributed by atoms with van der Waals surface area (Å²) in [4.78, 5) is 25.5. The molecule has 0 atom stereocenters. The number of benzene rings is 3. The highest BCUT2D eigenvalue weighted by molar-refractivity contribution is 6.30. The molecule has 0 spiro atoms. The van der Waals surface area contributed by atoms with E-state index < -0.39 is 0 Å². The van der Waals surface area contributed by atoms with Crippen LogP contribution in [0, 0.1) is 0 Å². The number of nitrogens with one attached hydrogen (secondary N) is 2. The summed E-state index contributed by atoms with van der Waals surface area (Å²) in [6.07, 6.45) is 3.11. The van der Waals surface area contributed by atoms with Gasteiger partial charge in [-0.05, 0) is 60.9 Å². The molecule has 0 radical (unpaired) electrons. The number of rotatable bonds is 6. The molecule has 2 amide bonds. The van der Waals surface area contributed by atoms with Gasteiger partial charge in [0.25, 0.3) is 5.91 Å². The number of amides is 2. The van der Waals surface area contributed by atoms with E-state index in [0.29, 0.717) is 34.1 Å². The number of carbonyl (C=O) groups is 2. The second kappa shape index (κ2) is 10.3. The Morgan fingerprint density at radius 2 is 1.75 bits per heavy atom. The zero-order valence-corrected chi connectivity index (χ0v) is 20.2. The Morgan fingerprint density at radius 1 is 1.00 bits per heavy atom. The minimum atomic E-state index is -0.314. The maximum Gasteiger partial charge on any atom is 0.342 e. The van der Waals surface area contributed by atoms with Gasteiger partial charge < -0.3 is 15.7 Å². The van der Waals surface area contributed by atoms with Crippen molar-refractivity contribution in [1.29, 1.82) is 0 Å². The maximum atomic E-state index is 13.0. The zero-order chi connectivity index (χ0) is 25.1. The minimum Gasteiger partial charge on any atom is -0.507 e. The minimum absolute atomic E-state index is 0.0431. The number of halogens is 1. The number of aromatic hydroxyl groups is 1. The van der Waals surface area contributed by atoms with Gasteiger partial charge in [0.15, 0.2) is 0 Å². The Bertz CT molecular complexity index is 1400. The van der Waals surface area contributed by atoms with Crippen molar-refractivity contribution in [2.75, 3.05) is 5.32 Å². The van der Waals surface area contributed by atoms with Gasteiger partial charge in [-0.25, -0.2) is 4.79 Å². The average molecular weight is 501 g/mol. The average Bonchev–Trinajstić information content (AvgIpc) is 3.27. The lowest BCUT2D eigenvalue weighted by Gasteiger charge is -2.25. The van der Waals surface area contributed by atoms with Crippen molar-refractivity contribution >= 4 is 29.2 Å². The van der Waals surface area contributed by atoms with Crippen LogP contribution in [0.2, 0.25) is 5.02 Å². The monoisotopic (exact) mass is 500 g/mol. The van der Waals surface area contributed by atoms with E-state index in [4.69, 9.17) is 11.6 Å². The molecule has 7 nitrogen and oxygen atoms in total. The molecular formula is C28H25ClN4O3. The zero-order valence-electron chi connectivity index (χ0n) is 19.4. The smallest absolute Gasteiger partial charge is 0.342 e. The van der Waals surface area contributed by atoms with Crippen LogP contribution in [0.4, 0.5) is 10.5 Å². The molecule has 0 aliphatic heterocycles. The van der Waals surface area contributed by atoms with E-state index in [9.17, 15) is 14.7 Å². The Kier molecular flexibility index (Phi) is 6.73. The standard InChI is InChI=1S/C28H25ClN4O3/c29-21-11-9-20(10-12-21)27(35)31-22-13-14-23(26(34)15-22)24-16-25(19-7-4-8-19)33(32-24)28(36)30-17-18-5-2-1-3-6-18/h1-3,5-6,9-16,19,34H,4,7-8,17H2,(H,30,36)(H,31,35). The molecule has 1 aliphatic rings. The van der Waals surface area contributed by atoms with Crippen LogP contribution >= 0.6 is 11.6 Å². The van der Waals surface area contributed by atoms with Gasteiger partial charge in [-0.1, -0.05) is 48.4 Å². The summed E-state index contributed by atoms with van der Waals surface area (Å²) in [5, 5.41) is 21.5. The van der Waals surface area contributed by atoms with Gasteiger partial charge in [0, 0.05) is 40.4 Å². The van der Waals surface area contributed by atoms with Gasteiger partial charge >= 0.3 is 6.03 Å². The van der Waals surface area contributed by atoms with E-state index in [1.165, 1.54) is 10.7 Å². The van der Waals surface area contributed by atoms with Crippen LogP contribution in [0.3, 0.4) is 0 Å². The third-order valence-corrected chi connectivity index (χ3v) is 6.63. The second-order valence-electron chi connectivity index (χ2n) is 8.83. The van der Waals surface area contributed by atoms with Crippen LogP contribution in [0.1, 0.15) is 46.8 Å². The van der Waals surface area contributed by atoms with E-state index >= 15 is 0 Å². The molecular weight excluding hydrogens is 476 g/mol. The van der Waals surface area contributed by atoms with Crippen molar-refractivity contribution in [2.24, 2.45) is 0 Å². The Labute approximate surface area is 213 Å². The van der Waals surface area contributed by atoms with E-state index in [0.717, 1.165) is 30.5 Å². The van der Waals surface area contributed by atoms with Crippen molar-refractivity contribution in [3.63, 3.8) is 0 Å². The van der Waals surface area contributed by atoms with Crippen molar-refractivity contribution in [1.82, 2.24) is 15.1 Å². The van der Waals surface area contributed by atoms with Crippen LogP contribution in [0.25, 0.3) is 11.3 Å². The molecule has 1 saturated carbocycles. The summed E-state index contributed by atoms with van der Waals surface area (Å²) in [5.74, 6) is -0.0994. The van der Waals surface area contributed by atoms with Crippen molar-refractivity contribution in [3.8, 4) is 17.0 Å². The number of aromatic nitrogens is 2. The molecule has 1 fully saturated rings. The summed E-state index contributed by atoms with van der Waals surface area (Å²) in [6, 6.07) is 22.6. The Morgan fingerprint density at radius 3 is 2.42 bits per heavy atom. The SMILES string of the molecule is O=C(Nc1ccc(-c2cc(C3CCC3)n(C(=O)NCc3ccccc3)n2)c(O)c1)c1ccc(Cl)cc1. The van der Waals surface area contributed by atoms with Gasteiger partial charge in [-0.3, -0.25) is 4.79 Å². The first-order valence-corrected chi connectivity index (χ1v) is 12.2. The van der Waals surface area contributed by atoms with Gasteiger partial charge in [-0.15, -0.1) is 0 Å². The third-order valence-electron chi connectivity index (χ3n) is 6.38. The van der Waals surface area contributed by atoms with Crippen LogP contribution in [0.5, 0.6) is 5.75 Å². The largest absolute Gasteiger partial charge is 0.507 e. The van der Waals surface area contributed by atoms with Crippen molar-refractivity contribution in [2.45, 2.75) is 31.7 Å². The number of nitrogens with zero attached hydrogens (tertiary/aromatic N) is 2. The Balaban J connectivity index is 1.36. The first kappa shape index (κ1) is 23.6. The molecule has 5 rings (SSSR count). The van der Waals surface area contributed by atoms with Crippen molar-refractivity contribution in [3.05, 3.63) is 101 Å². The fourth-order valence-electron chi connectivity index (χ4n) is 4.16. The van der Waals surface area contributed by atoms with Crippen LogP contribution in [-0.4, -0.2) is 26.8 Å². The van der Waals surface area contributed by atoms with E-state index in [-0.39, 0.29) is 23.6 Å². The maximum absolute atomic E-state index is 13.0. The fraction of sp³-hybridized carbons (Fsp3) is 0.179. The van der Waals surface area contributed by atoms with Crippen molar-refractivity contribution < 1.29 is 14.7 Å². The van der Waals surface area contributed by atoms with Crippen LogP contribution in [-0.2, 0) is 6.54 Å². The van der Waals surface area contributed by atoms with E-state index in [2.05, 4.69) is 15.7 Å². The van der Waals surface area contributed by atoms with Gasteiger partial charge in [0.2, 0.25) is 0 Å². The topological polar surface area (TPSA) is 96.3 Å². The predicted molar refractivity (Wildman–Crippen MR) is 139 cm³/mol. The fourth-order valence-corrected chi connectivity index (χ4v) is 4.29. The summed E-state index contributed by atoms with van der Waals surface area (Å²) in [7, 11) is 0. The molecule has 182 valence electrons. The quantitative estimate of drug-likeness (QED) is 0.294. The molecule has 4 aromatic rings. The number of anilines is 1. The molecule has 1 heterocycles. The number of hydrogen-bond donors (Lipinski definition) is 3. The lowest BCUT2D eigenvalue weighted by Crippen LogP contribution is -2.31. The first-order valence-electron chi connectivity index (χ1n) is 11.8. The number of phenols is 1. The summed E-state index contributed by atoms with van der Waals surface area (Å²) in [5.41, 5.74) is 3.71.